The molecular formula is C23H34N4O3. The van der Waals surface area contributed by atoms with E-state index in [2.05, 4.69) is 43.0 Å². The van der Waals surface area contributed by atoms with Crippen LogP contribution in [-0.4, -0.2) is 46.4 Å². The maximum absolute atomic E-state index is 13.0. The lowest BCUT2D eigenvalue weighted by atomic mass is 9.95. The molecule has 0 fully saturated rings. The molecule has 0 aliphatic carbocycles. The fourth-order valence-corrected chi connectivity index (χ4v) is 3.62. The quantitative estimate of drug-likeness (QED) is 0.718. The lowest BCUT2D eigenvalue weighted by Gasteiger charge is -2.28. The Hall–Kier alpha value is -2.54. The second-order valence-electron chi connectivity index (χ2n) is 8.57. The van der Waals surface area contributed by atoms with Gasteiger partial charge in [0.2, 0.25) is 5.91 Å². The fraction of sp³-hybridized carbons (Fsp3) is 0.565. The predicted molar refractivity (Wildman–Crippen MR) is 117 cm³/mol. The maximum Gasteiger partial charge on any atom is 0.234 e. The van der Waals surface area contributed by atoms with Crippen LogP contribution < -0.4 is 14.8 Å². The van der Waals surface area contributed by atoms with Gasteiger partial charge in [0.1, 0.15) is 0 Å². The molecule has 1 N–H and O–H groups in total. The Labute approximate surface area is 179 Å². The maximum atomic E-state index is 13.0. The van der Waals surface area contributed by atoms with E-state index in [-0.39, 0.29) is 23.9 Å². The molecule has 164 valence electrons. The number of carbonyl (C=O) groups is 1. The van der Waals surface area contributed by atoms with Gasteiger partial charge in [-0.1, -0.05) is 19.9 Å². The molecule has 0 bridgehead atoms. The summed E-state index contributed by atoms with van der Waals surface area (Å²) >= 11 is 0. The van der Waals surface area contributed by atoms with Crippen LogP contribution in [-0.2, 0) is 18.4 Å². The molecule has 3 rings (SSSR count). The SMILES string of the molecule is CC(C)[C@@H](NC(=O)CN(Cc1cnn(C)c1)C(C)C)c1ccc2c(c1)OCCCO2. The van der Waals surface area contributed by atoms with Gasteiger partial charge in [0, 0.05) is 37.8 Å². The Morgan fingerprint density at radius 2 is 1.93 bits per heavy atom. The van der Waals surface area contributed by atoms with Crippen LogP contribution in [0.4, 0.5) is 0 Å². The number of aromatic nitrogens is 2. The number of amides is 1. The van der Waals surface area contributed by atoms with Gasteiger partial charge in [-0.25, -0.2) is 0 Å². The van der Waals surface area contributed by atoms with Crippen LogP contribution in [0.25, 0.3) is 0 Å². The molecule has 2 heterocycles. The van der Waals surface area contributed by atoms with Crippen molar-refractivity contribution in [1.29, 1.82) is 0 Å². The molecule has 7 nitrogen and oxygen atoms in total. The molecule has 1 amide bonds. The summed E-state index contributed by atoms with van der Waals surface area (Å²) in [6, 6.07) is 6.12. The van der Waals surface area contributed by atoms with Crippen molar-refractivity contribution in [2.45, 2.75) is 52.7 Å². The number of benzene rings is 1. The average molecular weight is 415 g/mol. The first kappa shape index (κ1) is 22.2. The summed E-state index contributed by atoms with van der Waals surface area (Å²) in [6.45, 7) is 10.8. The number of fused-ring (bicyclic) bond motifs is 1. The van der Waals surface area contributed by atoms with E-state index in [1.54, 1.807) is 4.68 Å². The van der Waals surface area contributed by atoms with E-state index in [4.69, 9.17) is 9.47 Å². The third-order valence-corrected chi connectivity index (χ3v) is 5.33. The lowest BCUT2D eigenvalue weighted by molar-refractivity contribution is -0.123. The van der Waals surface area contributed by atoms with Crippen molar-refractivity contribution >= 4 is 5.91 Å². The number of ether oxygens (including phenoxy) is 2. The highest BCUT2D eigenvalue weighted by molar-refractivity contribution is 5.78. The minimum absolute atomic E-state index is 0.0124. The van der Waals surface area contributed by atoms with Crippen molar-refractivity contribution in [2.75, 3.05) is 19.8 Å². The van der Waals surface area contributed by atoms with Crippen LogP contribution in [0.3, 0.4) is 0 Å². The van der Waals surface area contributed by atoms with Crippen molar-refractivity contribution < 1.29 is 14.3 Å². The number of aryl methyl sites for hydroxylation is 1. The molecule has 0 spiro atoms. The van der Waals surface area contributed by atoms with Crippen LogP contribution in [0, 0.1) is 5.92 Å². The average Bonchev–Trinajstić information content (AvgIpc) is 2.96. The van der Waals surface area contributed by atoms with Gasteiger partial charge >= 0.3 is 0 Å². The van der Waals surface area contributed by atoms with E-state index >= 15 is 0 Å². The van der Waals surface area contributed by atoms with E-state index in [1.165, 1.54) is 0 Å². The van der Waals surface area contributed by atoms with E-state index < -0.39 is 0 Å². The second kappa shape index (κ2) is 9.98. The van der Waals surface area contributed by atoms with Crippen molar-refractivity contribution in [1.82, 2.24) is 20.0 Å². The summed E-state index contributed by atoms with van der Waals surface area (Å²) in [5, 5.41) is 7.46. The minimum Gasteiger partial charge on any atom is -0.490 e. The first-order valence-corrected chi connectivity index (χ1v) is 10.7. The van der Waals surface area contributed by atoms with Gasteiger partial charge in [-0.2, -0.15) is 5.10 Å². The Bertz CT molecular complexity index is 847. The molecule has 7 heteroatoms. The zero-order chi connectivity index (χ0) is 21.7. The highest BCUT2D eigenvalue weighted by Crippen LogP contribution is 2.34. The van der Waals surface area contributed by atoms with Gasteiger partial charge < -0.3 is 14.8 Å². The smallest absolute Gasteiger partial charge is 0.234 e. The third-order valence-electron chi connectivity index (χ3n) is 5.33. The summed E-state index contributed by atoms with van der Waals surface area (Å²) in [7, 11) is 1.90. The molecule has 1 aromatic carbocycles. The molecule has 2 aromatic rings. The van der Waals surface area contributed by atoms with Gasteiger partial charge in [0.15, 0.2) is 11.5 Å². The monoisotopic (exact) mass is 414 g/mol. The molecule has 1 aromatic heterocycles. The normalized spacial score (nSPS) is 14.8. The molecule has 0 saturated heterocycles. The molecular weight excluding hydrogens is 380 g/mol. The Morgan fingerprint density at radius 3 is 2.57 bits per heavy atom. The third kappa shape index (κ3) is 5.75. The minimum atomic E-state index is -0.0953. The van der Waals surface area contributed by atoms with E-state index in [0.29, 0.717) is 26.3 Å². The molecule has 0 saturated carbocycles. The molecule has 1 aliphatic rings. The predicted octanol–water partition coefficient (Wildman–Crippen LogP) is 3.31. The van der Waals surface area contributed by atoms with E-state index in [0.717, 1.165) is 29.0 Å². The summed E-state index contributed by atoms with van der Waals surface area (Å²) < 4.78 is 13.4. The van der Waals surface area contributed by atoms with Crippen LogP contribution in [0.1, 0.15) is 51.3 Å². The zero-order valence-electron chi connectivity index (χ0n) is 18.7. The van der Waals surface area contributed by atoms with Gasteiger partial charge in [-0.05, 0) is 37.5 Å². The molecule has 30 heavy (non-hydrogen) atoms. The summed E-state index contributed by atoms with van der Waals surface area (Å²) in [5.41, 5.74) is 2.13. The standard InChI is InChI=1S/C23H34N4O3/c1-16(2)23(19-7-8-20-21(11-19)30-10-6-9-29-20)25-22(28)15-27(17(3)4)14-18-12-24-26(5)13-18/h7-8,11-13,16-17,23H,6,9-10,14-15H2,1-5H3,(H,25,28)/t23-/m1/s1. The largest absolute Gasteiger partial charge is 0.490 e. The van der Waals surface area contributed by atoms with Crippen LogP contribution in [0.5, 0.6) is 11.5 Å². The first-order chi connectivity index (χ1) is 14.3. The Balaban J connectivity index is 1.69. The first-order valence-electron chi connectivity index (χ1n) is 10.7. The molecule has 0 radical (unpaired) electrons. The summed E-state index contributed by atoms with van der Waals surface area (Å²) in [6.07, 6.45) is 4.71. The number of hydrogen-bond acceptors (Lipinski definition) is 5. The van der Waals surface area contributed by atoms with Crippen LogP contribution >= 0.6 is 0 Å². The molecule has 0 unspecified atom stereocenters. The molecule has 1 atom stereocenters. The van der Waals surface area contributed by atoms with Gasteiger partial charge in [-0.3, -0.25) is 14.4 Å². The molecule has 1 aliphatic heterocycles. The number of hydrogen-bond donors (Lipinski definition) is 1. The van der Waals surface area contributed by atoms with E-state index in [1.807, 2.05) is 37.6 Å². The fourth-order valence-electron chi connectivity index (χ4n) is 3.62. The van der Waals surface area contributed by atoms with Gasteiger partial charge in [0.05, 0.1) is 32.0 Å². The van der Waals surface area contributed by atoms with Crippen LogP contribution in [0.15, 0.2) is 30.6 Å². The van der Waals surface area contributed by atoms with E-state index in [9.17, 15) is 4.79 Å². The van der Waals surface area contributed by atoms with Crippen molar-refractivity contribution in [2.24, 2.45) is 13.0 Å². The van der Waals surface area contributed by atoms with Gasteiger partial charge in [0.25, 0.3) is 0 Å². The topological polar surface area (TPSA) is 68.6 Å². The van der Waals surface area contributed by atoms with Crippen molar-refractivity contribution in [3.8, 4) is 11.5 Å². The Kier molecular flexibility index (Phi) is 7.37. The number of nitrogens with one attached hydrogen (secondary N) is 1. The lowest BCUT2D eigenvalue weighted by Crippen LogP contribution is -2.42. The number of nitrogens with zero attached hydrogens (tertiary/aromatic N) is 3. The van der Waals surface area contributed by atoms with Gasteiger partial charge in [-0.15, -0.1) is 0 Å². The van der Waals surface area contributed by atoms with Crippen molar-refractivity contribution in [3.63, 3.8) is 0 Å². The number of rotatable bonds is 8. The number of carbonyl (C=O) groups excluding carboxylic acids is 1. The second-order valence-corrected chi connectivity index (χ2v) is 8.57. The highest BCUT2D eigenvalue weighted by atomic mass is 16.5. The Morgan fingerprint density at radius 1 is 1.20 bits per heavy atom. The highest BCUT2D eigenvalue weighted by Gasteiger charge is 2.23. The summed E-state index contributed by atoms with van der Waals surface area (Å²) in [5.74, 6) is 1.78. The summed E-state index contributed by atoms with van der Waals surface area (Å²) in [4.78, 5) is 15.1. The van der Waals surface area contributed by atoms with Crippen LogP contribution in [0.2, 0.25) is 0 Å². The zero-order valence-corrected chi connectivity index (χ0v) is 18.7. The van der Waals surface area contributed by atoms with Crippen molar-refractivity contribution in [3.05, 3.63) is 41.7 Å².